The summed E-state index contributed by atoms with van der Waals surface area (Å²) in [5.41, 5.74) is 1.10. The van der Waals surface area contributed by atoms with Crippen LogP contribution in [-0.4, -0.2) is 69.3 Å². The number of halogens is 1. The smallest absolute Gasteiger partial charge is 0.262 e. The molecular weight excluding hydrogens is 470 g/mol. The minimum atomic E-state index is -3.92. The summed E-state index contributed by atoms with van der Waals surface area (Å²) in [4.78, 5) is 25.5. The average molecular weight is 492 g/mol. The summed E-state index contributed by atoms with van der Waals surface area (Å²) in [5.74, 6) is 0.347. The number of nitrogens with one attached hydrogen (secondary N) is 1. The number of hydrogen-bond acceptors (Lipinski definition) is 6. The highest BCUT2D eigenvalue weighted by molar-refractivity contribution is 7.89. The lowest BCUT2D eigenvalue weighted by Gasteiger charge is -2.33. The van der Waals surface area contributed by atoms with Crippen molar-refractivity contribution in [2.24, 2.45) is 0 Å². The maximum absolute atomic E-state index is 13.2. The molecule has 33 heavy (non-hydrogen) atoms. The van der Waals surface area contributed by atoms with Crippen molar-refractivity contribution in [2.45, 2.75) is 4.90 Å². The molecule has 174 valence electrons. The Balaban J connectivity index is 1.44. The molecule has 1 N–H and O–H groups in total. The number of anilines is 1. The molecule has 0 saturated carbocycles. The number of nitrogens with zero attached hydrogens (tertiary/aromatic N) is 2. The van der Waals surface area contributed by atoms with Gasteiger partial charge in [0.2, 0.25) is 15.9 Å². The summed E-state index contributed by atoms with van der Waals surface area (Å²) in [7, 11) is -2.36. The molecule has 2 aliphatic heterocycles. The fraction of sp³-hybridized carbons (Fsp3) is 0.273. The van der Waals surface area contributed by atoms with Gasteiger partial charge in [-0.3, -0.25) is 9.59 Å². The molecule has 11 heteroatoms. The molecule has 2 amide bonds. The lowest BCUT2D eigenvalue weighted by Crippen LogP contribution is -2.50. The fourth-order valence-electron chi connectivity index (χ4n) is 3.64. The van der Waals surface area contributed by atoms with Gasteiger partial charge in [-0.1, -0.05) is 29.8 Å². The Labute approximate surface area is 196 Å². The Morgan fingerprint density at radius 3 is 2.64 bits per heavy atom. The SMILES string of the molecule is COc1ccccc1/C=C/C(=O)N1CCN(S(=O)(=O)c2cc3c(cc2Cl)NC(=O)CO3)CC1. The molecule has 0 atom stereocenters. The van der Waals surface area contributed by atoms with Gasteiger partial charge in [-0.2, -0.15) is 4.31 Å². The second-order valence-corrected chi connectivity index (χ2v) is 9.73. The number of amides is 2. The van der Waals surface area contributed by atoms with E-state index in [1.54, 1.807) is 24.2 Å². The number of ether oxygens (including phenoxy) is 2. The lowest BCUT2D eigenvalue weighted by molar-refractivity contribution is -0.127. The molecule has 9 nitrogen and oxygen atoms in total. The van der Waals surface area contributed by atoms with E-state index in [0.29, 0.717) is 11.4 Å². The summed E-state index contributed by atoms with van der Waals surface area (Å²) in [6.45, 7) is 0.535. The number of fused-ring (bicyclic) bond motifs is 1. The average Bonchev–Trinajstić information content (AvgIpc) is 2.82. The minimum absolute atomic E-state index is 0.0159. The molecule has 2 heterocycles. The van der Waals surface area contributed by atoms with E-state index >= 15 is 0 Å². The molecular formula is C22H22ClN3O6S. The summed E-state index contributed by atoms with van der Waals surface area (Å²) in [6, 6.07) is 10.0. The summed E-state index contributed by atoms with van der Waals surface area (Å²) < 4.78 is 38.2. The van der Waals surface area contributed by atoms with Crippen LogP contribution in [0.4, 0.5) is 5.69 Å². The van der Waals surface area contributed by atoms with Gasteiger partial charge in [0.25, 0.3) is 5.91 Å². The van der Waals surface area contributed by atoms with Gasteiger partial charge in [-0.15, -0.1) is 0 Å². The number of para-hydroxylation sites is 1. The number of piperazine rings is 1. The van der Waals surface area contributed by atoms with Gasteiger partial charge in [0.1, 0.15) is 16.4 Å². The van der Waals surface area contributed by atoms with Gasteiger partial charge in [0.05, 0.1) is 17.8 Å². The number of carbonyl (C=O) groups is 2. The van der Waals surface area contributed by atoms with Crippen LogP contribution in [0.1, 0.15) is 5.56 Å². The number of carbonyl (C=O) groups excluding carboxylic acids is 2. The van der Waals surface area contributed by atoms with E-state index < -0.39 is 10.0 Å². The van der Waals surface area contributed by atoms with Crippen molar-refractivity contribution >= 4 is 45.2 Å². The van der Waals surface area contributed by atoms with E-state index in [1.807, 2.05) is 18.2 Å². The third-order valence-electron chi connectivity index (χ3n) is 5.38. The molecule has 0 unspecified atom stereocenters. The molecule has 1 saturated heterocycles. The minimum Gasteiger partial charge on any atom is -0.496 e. The highest BCUT2D eigenvalue weighted by Gasteiger charge is 2.32. The second-order valence-electron chi connectivity index (χ2n) is 7.42. The van der Waals surface area contributed by atoms with E-state index in [-0.39, 0.29) is 60.3 Å². The third-order valence-corrected chi connectivity index (χ3v) is 7.74. The van der Waals surface area contributed by atoms with Crippen LogP contribution in [0.3, 0.4) is 0 Å². The second kappa shape index (κ2) is 9.42. The summed E-state index contributed by atoms with van der Waals surface area (Å²) in [5, 5.41) is 2.58. The van der Waals surface area contributed by atoms with Crippen molar-refractivity contribution in [3.05, 3.63) is 53.1 Å². The van der Waals surface area contributed by atoms with Gasteiger partial charge in [-0.05, 0) is 18.2 Å². The lowest BCUT2D eigenvalue weighted by atomic mass is 10.2. The topological polar surface area (TPSA) is 105 Å². The molecule has 0 bridgehead atoms. The van der Waals surface area contributed by atoms with Crippen LogP contribution in [0.25, 0.3) is 6.08 Å². The predicted octanol–water partition coefficient (Wildman–Crippen LogP) is 2.23. The van der Waals surface area contributed by atoms with Crippen LogP contribution in [0, 0.1) is 0 Å². The quantitative estimate of drug-likeness (QED) is 0.643. The number of hydrogen-bond donors (Lipinski definition) is 1. The molecule has 1 fully saturated rings. The van der Waals surface area contributed by atoms with Crippen molar-refractivity contribution in [2.75, 3.05) is 45.2 Å². The Kier molecular flexibility index (Phi) is 6.59. The van der Waals surface area contributed by atoms with Crippen LogP contribution in [0.5, 0.6) is 11.5 Å². The van der Waals surface area contributed by atoms with Crippen molar-refractivity contribution < 1.29 is 27.5 Å². The molecule has 4 rings (SSSR count). The molecule has 2 aromatic rings. The van der Waals surface area contributed by atoms with Crippen LogP contribution in [0.2, 0.25) is 5.02 Å². The van der Waals surface area contributed by atoms with Crippen molar-refractivity contribution in [1.29, 1.82) is 0 Å². The maximum atomic E-state index is 13.2. The van der Waals surface area contributed by atoms with Gasteiger partial charge in [0, 0.05) is 43.9 Å². The number of rotatable bonds is 5. The first-order valence-electron chi connectivity index (χ1n) is 10.2. The predicted molar refractivity (Wildman–Crippen MR) is 123 cm³/mol. The van der Waals surface area contributed by atoms with Gasteiger partial charge in [-0.25, -0.2) is 8.42 Å². The molecule has 0 radical (unpaired) electrons. The molecule has 2 aromatic carbocycles. The highest BCUT2D eigenvalue weighted by Crippen LogP contribution is 2.37. The highest BCUT2D eigenvalue weighted by atomic mass is 35.5. The van der Waals surface area contributed by atoms with E-state index in [0.717, 1.165) is 5.56 Å². The standard InChI is InChI=1S/C22H22ClN3O6S/c1-31-18-5-3-2-4-15(18)6-7-22(28)25-8-10-26(11-9-25)33(29,30)20-13-19-17(12-16(20)23)24-21(27)14-32-19/h2-7,12-13H,8-11,14H2,1H3,(H,24,27)/b7-6+. The maximum Gasteiger partial charge on any atom is 0.262 e. The Morgan fingerprint density at radius 2 is 1.91 bits per heavy atom. The summed E-state index contributed by atoms with van der Waals surface area (Å²) >= 11 is 6.22. The van der Waals surface area contributed by atoms with Crippen LogP contribution < -0.4 is 14.8 Å². The molecule has 0 aliphatic carbocycles. The molecule has 0 spiro atoms. The zero-order chi connectivity index (χ0) is 23.6. The van der Waals surface area contributed by atoms with E-state index in [2.05, 4.69) is 5.32 Å². The van der Waals surface area contributed by atoms with Crippen LogP contribution in [0.15, 0.2) is 47.4 Å². The Hall–Kier alpha value is -3.08. The first kappa shape index (κ1) is 23.1. The van der Waals surface area contributed by atoms with Crippen LogP contribution in [-0.2, 0) is 19.6 Å². The zero-order valence-corrected chi connectivity index (χ0v) is 19.4. The van der Waals surface area contributed by atoms with E-state index in [1.165, 1.54) is 22.5 Å². The van der Waals surface area contributed by atoms with Crippen molar-refractivity contribution in [3.63, 3.8) is 0 Å². The van der Waals surface area contributed by atoms with E-state index in [4.69, 9.17) is 21.1 Å². The zero-order valence-electron chi connectivity index (χ0n) is 17.8. The van der Waals surface area contributed by atoms with Crippen molar-refractivity contribution in [3.8, 4) is 11.5 Å². The Morgan fingerprint density at radius 1 is 1.18 bits per heavy atom. The molecule has 2 aliphatic rings. The largest absolute Gasteiger partial charge is 0.496 e. The normalized spacial score (nSPS) is 16.8. The van der Waals surface area contributed by atoms with Gasteiger partial charge in [0.15, 0.2) is 6.61 Å². The monoisotopic (exact) mass is 491 g/mol. The third kappa shape index (κ3) is 4.82. The summed E-state index contributed by atoms with van der Waals surface area (Å²) in [6.07, 6.45) is 3.13. The van der Waals surface area contributed by atoms with Gasteiger partial charge < -0.3 is 19.7 Å². The molecule has 0 aromatic heterocycles. The number of benzene rings is 2. The first-order valence-corrected chi connectivity index (χ1v) is 12.0. The number of methoxy groups -OCH3 is 1. The van der Waals surface area contributed by atoms with E-state index in [9.17, 15) is 18.0 Å². The Bertz CT molecular complexity index is 1220. The fourth-order valence-corrected chi connectivity index (χ4v) is 5.58. The van der Waals surface area contributed by atoms with Gasteiger partial charge >= 0.3 is 0 Å². The first-order chi connectivity index (χ1) is 15.8. The number of sulfonamides is 1. The van der Waals surface area contributed by atoms with Crippen LogP contribution >= 0.6 is 11.6 Å². The van der Waals surface area contributed by atoms with Crippen molar-refractivity contribution in [1.82, 2.24) is 9.21 Å².